The quantitative estimate of drug-likeness (QED) is 0.597. The van der Waals surface area contributed by atoms with Gasteiger partial charge in [-0.05, 0) is 37.0 Å². The smallest absolute Gasteiger partial charge is 0.417 e. The summed E-state index contributed by atoms with van der Waals surface area (Å²) in [6, 6.07) is 2.88. The first-order valence-electron chi connectivity index (χ1n) is 11.0. The third-order valence-corrected chi connectivity index (χ3v) is 6.45. The lowest BCUT2D eigenvalue weighted by Gasteiger charge is -2.61. The normalized spacial score (nSPS) is 24.0. The molecule has 2 aliphatic rings. The number of amides is 2. The number of alkyl halides is 3. The van der Waals surface area contributed by atoms with Crippen molar-refractivity contribution in [2.24, 2.45) is 5.92 Å². The molecule has 1 aliphatic heterocycles. The Balaban J connectivity index is 1.46. The number of carbonyl (C=O) groups is 1. The minimum absolute atomic E-state index is 0.0173. The Morgan fingerprint density at radius 1 is 1.24 bits per heavy atom. The highest BCUT2D eigenvalue weighted by atomic mass is 19.4. The molecule has 9 nitrogen and oxygen atoms in total. The van der Waals surface area contributed by atoms with Crippen LogP contribution in [0.3, 0.4) is 0 Å². The summed E-state index contributed by atoms with van der Waals surface area (Å²) < 4.78 is 46.6. The van der Waals surface area contributed by atoms with Gasteiger partial charge in [-0.3, -0.25) is 0 Å². The van der Waals surface area contributed by atoms with Crippen molar-refractivity contribution in [3.8, 4) is 11.4 Å². The fourth-order valence-corrected chi connectivity index (χ4v) is 5.14. The molecule has 3 heterocycles. The maximum absolute atomic E-state index is 13.6. The van der Waals surface area contributed by atoms with Crippen LogP contribution in [-0.4, -0.2) is 42.4 Å². The molecule has 2 bridgehead atoms. The highest BCUT2D eigenvalue weighted by Crippen LogP contribution is 2.55. The number of rotatable bonds is 4. The number of hydrogen-bond donors (Lipinski definition) is 1. The molecule has 3 atom stereocenters. The van der Waals surface area contributed by atoms with Gasteiger partial charge in [-0.2, -0.15) is 18.3 Å². The lowest BCUT2D eigenvalue weighted by Crippen LogP contribution is -2.70. The number of benzene rings is 1. The number of urea groups is 1. The second-order valence-electron chi connectivity index (χ2n) is 8.81. The Kier molecular flexibility index (Phi) is 5.25. The van der Waals surface area contributed by atoms with E-state index in [1.165, 1.54) is 24.5 Å². The maximum atomic E-state index is 13.6. The van der Waals surface area contributed by atoms with E-state index in [1.54, 1.807) is 4.90 Å². The van der Waals surface area contributed by atoms with Gasteiger partial charge < -0.3 is 14.6 Å². The van der Waals surface area contributed by atoms with E-state index in [-0.39, 0.29) is 23.1 Å². The maximum Gasteiger partial charge on any atom is 0.417 e. The van der Waals surface area contributed by atoms with E-state index in [1.807, 2.05) is 6.92 Å². The Bertz CT molecular complexity index is 1220. The fourth-order valence-electron chi connectivity index (χ4n) is 5.14. The number of halogens is 3. The SMILES string of the molecule is CCc1nnc([C@]23C[C@H](C)C[C@H](C2)N3C(=O)Nc2ccc(C(F)(F)F)c(-c3nccnn3)c2)o1. The van der Waals surface area contributed by atoms with Crippen molar-refractivity contribution < 1.29 is 22.4 Å². The van der Waals surface area contributed by atoms with Crippen molar-refractivity contribution in [3.63, 3.8) is 0 Å². The van der Waals surface area contributed by atoms with Gasteiger partial charge in [0.1, 0.15) is 5.54 Å². The summed E-state index contributed by atoms with van der Waals surface area (Å²) >= 11 is 0. The molecular formula is C22H22F3N7O2. The Morgan fingerprint density at radius 2 is 2.06 bits per heavy atom. The number of hydrogen-bond acceptors (Lipinski definition) is 7. The first-order chi connectivity index (χ1) is 16.2. The van der Waals surface area contributed by atoms with Crippen molar-refractivity contribution in [1.29, 1.82) is 0 Å². The fraction of sp³-hybridized carbons (Fsp3) is 0.455. The van der Waals surface area contributed by atoms with Gasteiger partial charge in [-0.1, -0.05) is 13.8 Å². The second-order valence-corrected chi connectivity index (χ2v) is 8.81. The van der Waals surface area contributed by atoms with E-state index in [0.29, 0.717) is 37.0 Å². The molecule has 0 spiro atoms. The molecule has 1 aromatic carbocycles. The number of nitrogens with zero attached hydrogens (tertiary/aromatic N) is 6. The number of aromatic nitrogens is 5. The number of anilines is 1. The van der Waals surface area contributed by atoms with Crippen LogP contribution >= 0.6 is 0 Å². The molecule has 2 fully saturated rings. The molecule has 2 amide bonds. The van der Waals surface area contributed by atoms with Crippen LogP contribution in [0.2, 0.25) is 0 Å². The van der Waals surface area contributed by atoms with Crippen LogP contribution in [0.5, 0.6) is 0 Å². The molecule has 1 saturated carbocycles. The molecule has 1 N–H and O–H groups in total. The standard InChI is InChI=1S/C22H22F3N7O2/c1-3-17-29-31-19(34-17)21-10-12(2)8-14(11-21)32(21)20(33)28-13-4-5-16(22(23,24)25)15(9-13)18-26-6-7-27-30-18/h4-7,9,12,14H,3,8,10-11H2,1-2H3,(H,28,33)/t12-,14-,21+/m1/s1. The van der Waals surface area contributed by atoms with Crippen LogP contribution in [0, 0.1) is 5.92 Å². The van der Waals surface area contributed by atoms with Gasteiger partial charge in [0, 0.05) is 36.3 Å². The largest absolute Gasteiger partial charge is 0.423 e. The summed E-state index contributed by atoms with van der Waals surface area (Å²) in [5.41, 5.74) is -1.71. The van der Waals surface area contributed by atoms with E-state index in [9.17, 15) is 18.0 Å². The van der Waals surface area contributed by atoms with Crippen LogP contribution in [0.4, 0.5) is 23.7 Å². The Labute approximate surface area is 192 Å². The third-order valence-electron chi connectivity index (χ3n) is 6.45. The molecule has 3 aromatic rings. The Morgan fingerprint density at radius 3 is 2.74 bits per heavy atom. The van der Waals surface area contributed by atoms with Crippen LogP contribution in [-0.2, 0) is 18.1 Å². The summed E-state index contributed by atoms with van der Waals surface area (Å²) in [4.78, 5) is 18.9. The van der Waals surface area contributed by atoms with Gasteiger partial charge in [0.05, 0.1) is 11.8 Å². The number of nitrogens with one attached hydrogen (secondary N) is 1. The van der Waals surface area contributed by atoms with Gasteiger partial charge in [-0.25, -0.2) is 9.78 Å². The number of likely N-dealkylation sites (tertiary alicyclic amines) is 1. The average molecular weight is 473 g/mol. The van der Waals surface area contributed by atoms with Gasteiger partial charge in [0.25, 0.3) is 0 Å². The number of carbonyl (C=O) groups excluding carboxylic acids is 1. The molecule has 0 unspecified atom stereocenters. The predicted octanol–water partition coefficient (Wildman–Crippen LogP) is 4.43. The Hall–Kier alpha value is -3.57. The zero-order valence-corrected chi connectivity index (χ0v) is 18.5. The van der Waals surface area contributed by atoms with Gasteiger partial charge >= 0.3 is 12.2 Å². The van der Waals surface area contributed by atoms with E-state index >= 15 is 0 Å². The lowest BCUT2D eigenvalue weighted by atomic mass is 9.64. The van der Waals surface area contributed by atoms with Crippen LogP contribution in [0.15, 0.2) is 35.0 Å². The topological polar surface area (TPSA) is 110 Å². The van der Waals surface area contributed by atoms with Crippen molar-refractivity contribution in [2.45, 2.75) is 57.3 Å². The van der Waals surface area contributed by atoms with Crippen molar-refractivity contribution in [2.75, 3.05) is 5.32 Å². The number of fused-ring (bicyclic) bond motifs is 2. The summed E-state index contributed by atoms with van der Waals surface area (Å²) in [5.74, 6) is 1.07. The number of piperidine rings is 1. The third kappa shape index (κ3) is 3.66. The van der Waals surface area contributed by atoms with E-state index < -0.39 is 23.3 Å². The van der Waals surface area contributed by atoms with Crippen LogP contribution in [0.25, 0.3) is 11.4 Å². The van der Waals surface area contributed by atoms with Crippen LogP contribution < -0.4 is 5.32 Å². The van der Waals surface area contributed by atoms with Crippen molar-refractivity contribution in [3.05, 3.63) is 47.9 Å². The van der Waals surface area contributed by atoms with Gasteiger partial charge in [-0.15, -0.1) is 15.3 Å². The summed E-state index contributed by atoms with van der Waals surface area (Å²) in [7, 11) is 0. The lowest BCUT2D eigenvalue weighted by molar-refractivity contribution is -0.137. The van der Waals surface area contributed by atoms with E-state index in [2.05, 4.69) is 37.6 Å². The van der Waals surface area contributed by atoms with Crippen molar-refractivity contribution in [1.82, 2.24) is 30.3 Å². The zero-order chi connectivity index (χ0) is 24.1. The van der Waals surface area contributed by atoms with E-state index in [4.69, 9.17) is 4.42 Å². The molecule has 178 valence electrons. The molecule has 0 radical (unpaired) electrons. The molecular weight excluding hydrogens is 451 g/mol. The zero-order valence-electron chi connectivity index (χ0n) is 18.5. The highest BCUT2D eigenvalue weighted by Gasteiger charge is 2.62. The molecule has 5 rings (SSSR count). The molecule has 34 heavy (non-hydrogen) atoms. The summed E-state index contributed by atoms with van der Waals surface area (Å²) in [6.07, 6.45) is 0.690. The molecule has 2 aromatic heterocycles. The van der Waals surface area contributed by atoms with Crippen molar-refractivity contribution >= 4 is 11.7 Å². The molecule has 1 aliphatic carbocycles. The summed E-state index contributed by atoms with van der Waals surface area (Å²) in [5, 5.41) is 18.3. The minimum atomic E-state index is -4.62. The molecule has 12 heteroatoms. The number of aryl methyl sites for hydroxylation is 1. The molecule has 1 saturated heterocycles. The first kappa shape index (κ1) is 22.2. The van der Waals surface area contributed by atoms with Crippen LogP contribution in [0.1, 0.15) is 50.5 Å². The second kappa shape index (κ2) is 8.03. The van der Waals surface area contributed by atoms with Gasteiger partial charge in [0.15, 0.2) is 5.82 Å². The average Bonchev–Trinajstić information content (AvgIpc) is 3.28. The highest BCUT2D eigenvalue weighted by molar-refractivity contribution is 5.92. The summed E-state index contributed by atoms with van der Waals surface area (Å²) in [6.45, 7) is 4.02. The first-order valence-corrected chi connectivity index (χ1v) is 11.0. The van der Waals surface area contributed by atoms with Gasteiger partial charge in [0.2, 0.25) is 11.8 Å². The minimum Gasteiger partial charge on any atom is -0.423 e. The van der Waals surface area contributed by atoms with E-state index in [0.717, 1.165) is 12.5 Å². The predicted molar refractivity (Wildman–Crippen MR) is 113 cm³/mol. The monoisotopic (exact) mass is 473 g/mol.